The fraction of sp³-hybridized carbons (Fsp3) is 0.250. The van der Waals surface area contributed by atoms with Crippen molar-refractivity contribution in [2.24, 2.45) is 5.73 Å². The van der Waals surface area contributed by atoms with Crippen LogP contribution in [-0.2, 0) is 9.84 Å². The molecule has 0 bridgehead atoms. The van der Waals surface area contributed by atoms with Gasteiger partial charge in [0.05, 0.1) is 10.1 Å². The average Bonchev–Trinajstić information content (AvgIpc) is 3.12. The summed E-state index contributed by atoms with van der Waals surface area (Å²) in [5.41, 5.74) is 8.15. The zero-order chi connectivity index (χ0) is 15.2. The molecule has 0 amide bonds. The number of nitrogens with two attached hydrogens (primary N) is 1. The molecule has 1 aliphatic rings. The smallest absolute Gasteiger partial charge is 0.183 e. The van der Waals surface area contributed by atoms with Crippen LogP contribution in [0.4, 0.5) is 0 Å². The van der Waals surface area contributed by atoms with Crippen LogP contribution in [0.3, 0.4) is 0 Å². The van der Waals surface area contributed by atoms with Gasteiger partial charge in [-0.25, -0.2) is 8.42 Å². The van der Waals surface area contributed by atoms with Gasteiger partial charge in [-0.15, -0.1) is 0 Å². The normalized spacial score (nSPS) is 24.8. The van der Waals surface area contributed by atoms with Crippen molar-refractivity contribution >= 4 is 21.4 Å². The number of rotatable bonds is 3. The molecule has 1 fully saturated rings. The third kappa shape index (κ3) is 2.59. The molecular formula is C16H16ClNO2S. The predicted molar refractivity (Wildman–Crippen MR) is 84.3 cm³/mol. The lowest BCUT2D eigenvalue weighted by atomic mass is 10.1. The highest BCUT2D eigenvalue weighted by atomic mass is 35.5. The van der Waals surface area contributed by atoms with Crippen molar-refractivity contribution in [3.05, 3.63) is 64.7 Å². The molecule has 0 spiro atoms. The van der Waals surface area contributed by atoms with Crippen LogP contribution in [0.5, 0.6) is 0 Å². The molecule has 2 N–H and O–H groups in total. The third-order valence-corrected chi connectivity index (χ3v) is 6.48. The van der Waals surface area contributed by atoms with E-state index in [0.717, 1.165) is 11.1 Å². The first-order valence-corrected chi connectivity index (χ1v) is 8.65. The molecule has 5 heteroatoms. The molecule has 0 heterocycles. The number of hydrogen-bond donors (Lipinski definition) is 1. The number of sulfone groups is 1. The van der Waals surface area contributed by atoms with Crippen molar-refractivity contribution in [1.82, 2.24) is 0 Å². The maximum atomic E-state index is 12.6. The zero-order valence-corrected chi connectivity index (χ0v) is 13.1. The molecule has 1 saturated carbocycles. The maximum absolute atomic E-state index is 12.6. The molecule has 21 heavy (non-hydrogen) atoms. The molecule has 0 saturated heterocycles. The van der Waals surface area contributed by atoms with Gasteiger partial charge in [0.25, 0.3) is 0 Å². The first-order chi connectivity index (χ1) is 9.91. The number of halogens is 1. The molecule has 2 aromatic rings. The Morgan fingerprint density at radius 2 is 1.57 bits per heavy atom. The summed E-state index contributed by atoms with van der Waals surface area (Å²) in [6.07, 6.45) is 0. The van der Waals surface area contributed by atoms with Crippen molar-refractivity contribution in [3.8, 4) is 0 Å². The lowest BCUT2D eigenvalue weighted by molar-refractivity contribution is 0.593. The minimum absolute atomic E-state index is 0.133. The monoisotopic (exact) mass is 321 g/mol. The van der Waals surface area contributed by atoms with Gasteiger partial charge in [0.1, 0.15) is 0 Å². The second-order valence-electron chi connectivity index (χ2n) is 5.48. The molecule has 3 atom stereocenters. The number of hydrogen-bond acceptors (Lipinski definition) is 3. The van der Waals surface area contributed by atoms with Crippen molar-refractivity contribution in [2.45, 2.75) is 29.0 Å². The summed E-state index contributed by atoms with van der Waals surface area (Å²) >= 11 is 5.81. The average molecular weight is 322 g/mol. The Kier molecular flexibility index (Phi) is 3.56. The Balaban J connectivity index is 1.91. The van der Waals surface area contributed by atoms with E-state index in [-0.39, 0.29) is 16.9 Å². The van der Waals surface area contributed by atoms with E-state index in [1.165, 1.54) is 12.1 Å². The summed E-state index contributed by atoms with van der Waals surface area (Å²) in [5, 5.41) is -0.0366. The van der Waals surface area contributed by atoms with E-state index in [4.69, 9.17) is 17.3 Å². The molecule has 110 valence electrons. The Hall–Kier alpha value is -1.36. The lowest BCUT2D eigenvalue weighted by Gasteiger charge is -2.04. The molecule has 3 rings (SSSR count). The molecule has 1 aliphatic carbocycles. The Morgan fingerprint density at radius 1 is 1.00 bits per heavy atom. The fourth-order valence-corrected chi connectivity index (χ4v) is 4.86. The van der Waals surface area contributed by atoms with Gasteiger partial charge in [0.15, 0.2) is 9.84 Å². The molecule has 0 unspecified atom stereocenters. The van der Waals surface area contributed by atoms with Crippen LogP contribution in [0.25, 0.3) is 0 Å². The van der Waals surface area contributed by atoms with Crippen LogP contribution in [0.15, 0.2) is 53.4 Å². The standard InChI is InChI=1S/C16H16ClNO2S/c1-10-2-4-11(5-3-10)14-15(18)16(14)21(19,20)13-8-6-12(17)7-9-13/h2-9,14-16H,18H2,1H3/t14-,15+,16+/m0/s1. The van der Waals surface area contributed by atoms with Gasteiger partial charge in [-0.1, -0.05) is 41.4 Å². The molecule has 0 radical (unpaired) electrons. The van der Waals surface area contributed by atoms with Crippen molar-refractivity contribution in [1.29, 1.82) is 0 Å². The summed E-state index contributed by atoms with van der Waals surface area (Å²) in [7, 11) is -3.42. The van der Waals surface area contributed by atoms with Crippen LogP contribution in [-0.4, -0.2) is 19.7 Å². The van der Waals surface area contributed by atoms with Crippen LogP contribution in [0.2, 0.25) is 5.02 Å². The van der Waals surface area contributed by atoms with E-state index < -0.39 is 15.1 Å². The van der Waals surface area contributed by atoms with Gasteiger partial charge in [0.2, 0.25) is 0 Å². The van der Waals surface area contributed by atoms with Gasteiger partial charge in [0, 0.05) is 17.0 Å². The summed E-state index contributed by atoms with van der Waals surface area (Å²) in [4.78, 5) is 0.280. The topological polar surface area (TPSA) is 60.2 Å². The minimum Gasteiger partial charge on any atom is -0.326 e. The largest absolute Gasteiger partial charge is 0.326 e. The first kappa shape index (κ1) is 14.6. The Bertz CT molecular complexity index is 754. The van der Waals surface area contributed by atoms with Crippen molar-refractivity contribution < 1.29 is 8.42 Å². The number of aryl methyl sites for hydroxylation is 1. The van der Waals surface area contributed by atoms with E-state index in [2.05, 4.69) is 0 Å². The van der Waals surface area contributed by atoms with E-state index in [0.29, 0.717) is 5.02 Å². The van der Waals surface area contributed by atoms with E-state index in [1.807, 2.05) is 31.2 Å². The predicted octanol–water partition coefficient (Wildman–Crippen LogP) is 2.92. The highest BCUT2D eigenvalue weighted by molar-refractivity contribution is 7.92. The number of benzene rings is 2. The molecule has 2 aromatic carbocycles. The van der Waals surface area contributed by atoms with Gasteiger partial charge in [-0.3, -0.25) is 0 Å². The lowest BCUT2D eigenvalue weighted by Crippen LogP contribution is -2.15. The van der Waals surface area contributed by atoms with Crippen molar-refractivity contribution in [3.63, 3.8) is 0 Å². The fourth-order valence-electron chi connectivity index (χ4n) is 2.69. The van der Waals surface area contributed by atoms with E-state index in [1.54, 1.807) is 12.1 Å². The highest BCUT2D eigenvalue weighted by Crippen LogP contribution is 2.47. The first-order valence-electron chi connectivity index (χ1n) is 6.73. The van der Waals surface area contributed by atoms with Gasteiger partial charge in [-0.05, 0) is 36.8 Å². The summed E-state index contributed by atoms with van der Waals surface area (Å²) in [6.45, 7) is 2.00. The van der Waals surface area contributed by atoms with Gasteiger partial charge >= 0.3 is 0 Å². The van der Waals surface area contributed by atoms with Gasteiger partial charge < -0.3 is 5.73 Å². The van der Waals surface area contributed by atoms with E-state index in [9.17, 15) is 8.42 Å². The van der Waals surface area contributed by atoms with Crippen LogP contribution < -0.4 is 5.73 Å². The third-order valence-electron chi connectivity index (χ3n) is 3.97. The Morgan fingerprint density at radius 3 is 2.14 bits per heavy atom. The Labute approximate surface area is 129 Å². The molecule has 3 nitrogen and oxygen atoms in total. The van der Waals surface area contributed by atoms with Crippen LogP contribution >= 0.6 is 11.6 Å². The summed E-state index contributed by atoms with van der Waals surface area (Å²) < 4.78 is 25.3. The summed E-state index contributed by atoms with van der Waals surface area (Å²) in [5.74, 6) is -0.133. The SMILES string of the molecule is Cc1ccc([C@H]2[C@@H](N)[C@@H]2S(=O)(=O)c2ccc(Cl)cc2)cc1. The minimum atomic E-state index is -3.42. The molecule has 0 aromatic heterocycles. The second-order valence-corrected chi connectivity index (χ2v) is 8.02. The maximum Gasteiger partial charge on any atom is 0.183 e. The second kappa shape index (κ2) is 5.13. The van der Waals surface area contributed by atoms with Crippen LogP contribution in [0, 0.1) is 6.92 Å². The van der Waals surface area contributed by atoms with Crippen LogP contribution in [0.1, 0.15) is 17.0 Å². The molecular weight excluding hydrogens is 306 g/mol. The zero-order valence-electron chi connectivity index (χ0n) is 11.5. The molecule has 0 aliphatic heterocycles. The highest BCUT2D eigenvalue weighted by Gasteiger charge is 2.57. The van der Waals surface area contributed by atoms with Gasteiger partial charge in [-0.2, -0.15) is 0 Å². The van der Waals surface area contributed by atoms with Crippen molar-refractivity contribution in [2.75, 3.05) is 0 Å². The van der Waals surface area contributed by atoms with E-state index >= 15 is 0 Å². The quantitative estimate of drug-likeness (QED) is 0.945. The summed E-state index contributed by atoms with van der Waals surface area (Å²) in [6, 6.07) is 13.8.